The van der Waals surface area contributed by atoms with E-state index in [1.165, 1.54) is 11.3 Å². The maximum absolute atomic E-state index is 11.7. The summed E-state index contributed by atoms with van der Waals surface area (Å²) in [5, 5.41) is 5.12. The molecule has 0 aliphatic heterocycles. The van der Waals surface area contributed by atoms with Gasteiger partial charge in [0.15, 0.2) is 5.13 Å². The molecule has 0 saturated heterocycles. The molecule has 3 N–H and O–H groups in total. The topological polar surface area (TPSA) is 81.2 Å². The molecular formula is C11H13N3O2S. The molecule has 0 aromatic carbocycles. The molecule has 0 bridgehead atoms. The number of nitrogens with zero attached hydrogens (tertiary/aromatic N) is 1. The molecule has 2 rings (SSSR count). The first-order valence-corrected chi connectivity index (χ1v) is 6.04. The Kier molecular flexibility index (Phi) is 3.55. The summed E-state index contributed by atoms with van der Waals surface area (Å²) >= 11 is 1.38. The number of aryl methyl sites for hydroxylation is 1. The van der Waals surface area contributed by atoms with Crippen LogP contribution in [0.5, 0.6) is 0 Å². The lowest BCUT2D eigenvalue weighted by atomic mass is 10.2. The lowest BCUT2D eigenvalue weighted by Crippen LogP contribution is -2.37. The Morgan fingerprint density at radius 2 is 2.53 bits per heavy atom. The lowest BCUT2D eigenvalue weighted by molar-refractivity contribution is -0.117. The first-order valence-electron chi connectivity index (χ1n) is 5.16. The van der Waals surface area contributed by atoms with Gasteiger partial charge in [0.2, 0.25) is 5.91 Å². The number of thiazole rings is 1. The van der Waals surface area contributed by atoms with Crippen LogP contribution in [-0.2, 0) is 11.2 Å². The molecule has 2 heterocycles. The number of nitrogens with one attached hydrogen (secondary N) is 1. The van der Waals surface area contributed by atoms with Crippen LogP contribution in [0, 0.1) is 6.92 Å². The SMILES string of the molecule is Cc1csc(NC(=O)[C@@H](N)Cc2ccco2)n1. The highest BCUT2D eigenvalue weighted by molar-refractivity contribution is 7.13. The second-order valence-corrected chi connectivity index (χ2v) is 4.53. The van der Waals surface area contributed by atoms with Crippen LogP contribution in [0.1, 0.15) is 11.5 Å². The highest BCUT2D eigenvalue weighted by Crippen LogP contribution is 2.14. The molecule has 2 aromatic rings. The van der Waals surface area contributed by atoms with Crippen molar-refractivity contribution < 1.29 is 9.21 Å². The molecule has 0 fully saturated rings. The minimum atomic E-state index is -0.634. The van der Waals surface area contributed by atoms with Gasteiger partial charge in [-0.05, 0) is 19.1 Å². The predicted octanol–water partition coefficient (Wildman–Crippen LogP) is 1.55. The number of rotatable bonds is 4. The number of anilines is 1. The molecule has 0 unspecified atom stereocenters. The van der Waals surface area contributed by atoms with Crippen LogP contribution in [0.3, 0.4) is 0 Å². The highest BCUT2D eigenvalue weighted by Gasteiger charge is 2.16. The molecule has 1 atom stereocenters. The zero-order chi connectivity index (χ0) is 12.3. The molecule has 0 aliphatic rings. The van der Waals surface area contributed by atoms with Gasteiger partial charge in [-0.25, -0.2) is 4.98 Å². The second-order valence-electron chi connectivity index (χ2n) is 3.67. The Morgan fingerprint density at radius 1 is 1.71 bits per heavy atom. The van der Waals surface area contributed by atoms with E-state index in [1.54, 1.807) is 18.4 Å². The van der Waals surface area contributed by atoms with Crippen molar-refractivity contribution in [3.05, 3.63) is 35.2 Å². The van der Waals surface area contributed by atoms with Crippen molar-refractivity contribution in [3.63, 3.8) is 0 Å². The van der Waals surface area contributed by atoms with Crippen molar-refractivity contribution in [1.82, 2.24) is 4.98 Å². The third kappa shape index (κ3) is 3.15. The second kappa shape index (κ2) is 5.11. The molecule has 90 valence electrons. The Hall–Kier alpha value is -1.66. The minimum Gasteiger partial charge on any atom is -0.469 e. The van der Waals surface area contributed by atoms with Gasteiger partial charge in [0.25, 0.3) is 0 Å². The predicted molar refractivity (Wildman–Crippen MR) is 65.9 cm³/mol. The van der Waals surface area contributed by atoms with Crippen LogP contribution in [-0.4, -0.2) is 16.9 Å². The van der Waals surface area contributed by atoms with Gasteiger partial charge < -0.3 is 15.5 Å². The lowest BCUT2D eigenvalue weighted by Gasteiger charge is -2.08. The van der Waals surface area contributed by atoms with Gasteiger partial charge in [-0.1, -0.05) is 0 Å². The number of aromatic nitrogens is 1. The van der Waals surface area contributed by atoms with E-state index in [-0.39, 0.29) is 5.91 Å². The van der Waals surface area contributed by atoms with E-state index >= 15 is 0 Å². The van der Waals surface area contributed by atoms with E-state index in [0.717, 1.165) is 5.69 Å². The van der Waals surface area contributed by atoms with Crippen molar-refractivity contribution in [1.29, 1.82) is 0 Å². The average molecular weight is 251 g/mol. The monoisotopic (exact) mass is 251 g/mol. The number of hydrogen-bond acceptors (Lipinski definition) is 5. The molecule has 0 aliphatic carbocycles. The fourth-order valence-electron chi connectivity index (χ4n) is 1.35. The highest BCUT2D eigenvalue weighted by atomic mass is 32.1. The van der Waals surface area contributed by atoms with Crippen LogP contribution in [0.25, 0.3) is 0 Å². The van der Waals surface area contributed by atoms with Gasteiger partial charge in [0, 0.05) is 11.8 Å². The molecule has 1 amide bonds. The zero-order valence-corrected chi connectivity index (χ0v) is 10.2. The zero-order valence-electron chi connectivity index (χ0n) is 9.34. The normalized spacial score (nSPS) is 12.4. The van der Waals surface area contributed by atoms with Crippen LogP contribution in [0.15, 0.2) is 28.2 Å². The minimum absolute atomic E-state index is 0.254. The maximum atomic E-state index is 11.7. The van der Waals surface area contributed by atoms with E-state index in [1.807, 2.05) is 12.3 Å². The average Bonchev–Trinajstić information content (AvgIpc) is 2.90. The first kappa shape index (κ1) is 11.8. The maximum Gasteiger partial charge on any atom is 0.243 e. The molecule has 2 aromatic heterocycles. The molecule has 5 nitrogen and oxygen atoms in total. The van der Waals surface area contributed by atoms with Crippen molar-refractivity contribution in [3.8, 4) is 0 Å². The summed E-state index contributed by atoms with van der Waals surface area (Å²) in [6.45, 7) is 1.87. The van der Waals surface area contributed by atoms with Gasteiger partial charge in [0.1, 0.15) is 5.76 Å². The molecule has 0 spiro atoms. The van der Waals surface area contributed by atoms with E-state index < -0.39 is 6.04 Å². The van der Waals surface area contributed by atoms with Gasteiger partial charge >= 0.3 is 0 Å². The molecule has 6 heteroatoms. The van der Waals surface area contributed by atoms with Gasteiger partial charge in [-0.2, -0.15) is 0 Å². The number of carbonyl (C=O) groups is 1. The fourth-order valence-corrected chi connectivity index (χ4v) is 2.04. The summed E-state index contributed by atoms with van der Waals surface area (Å²) in [5.74, 6) is 0.443. The third-order valence-electron chi connectivity index (χ3n) is 2.19. The van der Waals surface area contributed by atoms with Crippen molar-refractivity contribution >= 4 is 22.4 Å². The molecule has 0 saturated carbocycles. The number of hydrogen-bond donors (Lipinski definition) is 2. The number of nitrogens with two attached hydrogens (primary N) is 1. The number of amides is 1. The Labute approximate surface area is 103 Å². The Morgan fingerprint density at radius 3 is 3.12 bits per heavy atom. The Balaban J connectivity index is 1.91. The summed E-state index contributed by atoms with van der Waals surface area (Å²) in [5.41, 5.74) is 6.65. The van der Waals surface area contributed by atoms with Gasteiger partial charge in [-0.15, -0.1) is 11.3 Å². The fraction of sp³-hybridized carbons (Fsp3) is 0.273. The smallest absolute Gasteiger partial charge is 0.243 e. The van der Waals surface area contributed by atoms with Gasteiger partial charge in [0.05, 0.1) is 18.0 Å². The van der Waals surface area contributed by atoms with Crippen LogP contribution in [0.2, 0.25) is 0 Å². The van der Waals surface area contributed by atoms with Gasteiger partial charge in [-0.3, -0.25) is 4.79 Å². The van der Waals surface area contributed by atoms with E-state index in [2.05, 4.69) is 10.3 Å². The number of carbonyl (C=O) groups excluding carboxylic acids is 1. The van der Waals surface area contributed by atoms with E-state index in [0.29, 0.717) is 17.3 Å². The molecule has 0 radical (unpaired) electrons. The molecule has 17 heavy (non-hydrogen) atoms. The van der Waals surface area contributed by atoms with E-state index in [4.69, 9.17) is 10.2 Å². The third-order valence-corrected chi connectivity index (χ3v) is 3.06. The molecular weight excluding hydrogens is 238 g/mol. The summed E-state index contributed by atoms with van der Waals surface area (Å²) < 4.78 is 5.14. The summed E-state index contributed by atoms with van der Waals surface area (Å²) in [6, 6.07) is 2.93. The Bertz CT molecular complexity index is 493. The summed E-state index contributed by atoms with van der Waals surface area (Å²) in [6.07, 6.45) is 1.94. The first-order chi connectivity index (χ1) is 8.15. The number of furan rings is 1. The summed E-state index contributed by atoms with van der Waals surface area (Å²) in [4.78, 5) is 15.9. The van der Waals surface area contributed by atoms with Crippen molar-refractivity contribution in [2.45, 2.75) is 19.4 Å². The summed E-state index contributed by atoms with van der Waals surface area (Å²) in [7, 11) is 0. The van der Waals surface area contributed by atoms with Crippen molar-refractivity contribution in [2.24, 2.45) is 5.73 Å². The quantitative estimate of drug-likeness (QED) is 0.864. The van der Waals surface area contributed by atoms with Crippen LogP contribution in [0.4, 0.5) is 5.13 Å². The van der Waals surface area contributed by atoms with Crippen molar-refractivity contribution in [2.75, 3.05) is 5.32 Å². The standard InChI is InChI=1S/C11H13N3O2S/c1-7-6-17-11(13-7)14-10(15)9(12)5-8-3-2-4-16-8/h2-4,6,9H,5,12H2,1H3,(H,13,14,15)/t9-/m0/s1. The van der Waals surface area contributed by atoms with Crippen LogP contribution < -0.4 is 11.1 Å². The largest absolute Gasteiger partial charge is 0.469 e. The van der Waals surface area contributed by atoms with E-state index in [9.17, 15) is 4.79 Å². The van der Waals surface area contributed by atoms with Crippen LogP contribution >= 0.6 is 11.3 Å².